The molecule has 2 aromatic rings. The van der Waals surface area contributed by atoms with Gasteiger partial charge in [0.1, 0.15) is 0 Å². The molecular formula is C11H9ClSZn. The van der Waals surface area contributed by atoms with Crippen molar-refractivity contribution in [1.82, 2.24) is 0 Å². The maximum atomic E-state index is 3.08. The molecule has 3 heteroatoms. The third-order valence-corrected chi connectivity index (χ3v) is 2.65. The van der Waals surface area contributed by atoms with Gasteiger partial charge in [-0.3, -0.25) is 11.3 Å². The van der Waals surface area contributed by atoms with E-state index in [1.165, 1.54) is 16.0 Å². The van der Waals surface area contributed by atoms with Gasteiger partial charge < -0.3 is 12.4 Å². The van der Waals surface area contributed by atoms with Gasteiger partial charge in [0, 0.05) is 0 Å². The SMILES string of the molecule is Cc1ccc(-c2cc[c-]s2)cc1.[Cl-].[Zn+2]. The number of benzene rings is 1. The summed E-state index contributed by atoms with van der Waals surface area (Å²) >= 11 is 1.66. The molecular weight excluding hydrogens is 265 g/mol. The van der Waals surface area contributed by atoms with Crippen LogP contribution in [0.25, 0.3) is 10.4 Å². The predicted molar refractivity (Wildman–Crippen MR) is 53.3 cm³/mol. The number of aryl methyl sites for hydroxylation is 1. The summed E-state index contributed by atoms with van der Waals surface area (Å²) in [5, 5.41) is 3.08. The van der Waals surface area contributed by atoms with Gasteiger partial charge in [0.15, 0.2) is 0 Å². The number of rotatable bonds is 1. The van der Waals surface area contributed by atoms with Crippen LogP contribution in [-0.2, 0) is 19.5 Å². The van der Waals surface area contributed by atoms with Crippen molar-refractivity contribution in [1.29, 1.82) is 0 Å². The molecule has 0 atom stereocenters. The third kappa shape index (κ3) is 3.20. The normalized spacial score (nSPS) is 8.64. The van der Waals surface area contributed by atoms with Crippen molar-refractivity contribution in [2.45, 2.75) is 6.92 Å². The van der Waals surface area contributed by atoms with Crippen LogP contribution >= 0.6 is 11.3 Å². The van der Waals surface area contributed by atoms with Crippen molar-refractivity contribution in [3.05, 3.63) is 47.3 Å². The standard InChI is InChI=1S/C11H9S.ClH.Zn/c1-9-4-6-10(7-5-9)11-3-2-8-12-11;;/h2-7H,1H3;1H;/q-1;;+2/p-1. The Morgan fingerprint density at radius 1 is 1.07 bits per heavy atom. The van der Waals surface area contributed by atoms with Gasteiger partial charge in [-0.15, -0.1) is 10.3 Å². The van der Waals surface area contributed by atoms with Crippen molar-refractivity contribution in [2.75, 3.05) is 0 Å². The van der Waals surface area contributed by atoms with E-state index in [0.29, 0.717) is 0 Å². The van der Waals surface area contributed by atoms with Crippen LogP contribution in [0, 0.1) is 12.3 Å². The van der Waals surface area contributed by atoms with Crippen molar-refractivity contribution in [3.8, 4) is 10.4 Å². The Bertz CT molecular complexity index is 353. The van der Waals surface area contributed by atoms with E-state index in [1.807, 2.05) is 6.07 Å². The van der Waals surface area contributed by atoms with E-state index in [1.54, 1.807) is 11.3 Å². The van der Waals surface area contributed by atoms with E-state index >= 15 is 0 Å². The second-order valence-electron chi connectivity index (χ2n) is 2.78. The summed E-state index contributed by atoms with van der Waals surface area (Å²) in [5.41, 5.74) is 2.59. The Hall–Kier alpha value is -0.167. The van der Waals surface area contributed by atoms with E-state index < -0.39 is 0 Å². The first-order valence-electron chi connectivity index (χ1n) is 3.89. The average molecular weight is 274 g/mol. The van der Waals surface area contributed by atoms with Crippen LogP contribution in [0.15, 0.2) is 36.4 Å². The molecule has 2 rings (SSSR count). The van der Waals surface area contributed by atoms with Crippen molar-refractivity contribution in [2.24, 2.45) is 0 Å². The van der Waals surface area contributed by atoms with Crippen LogP contribution < -0.4 is 12.4 Å². The van der Waals surface area contributed by atoms with Crippen LogP contribution in [0.1, 0.15) is 5.56 Å². The molecule has 14 heavy (non-hydrogen) atoms. The molecule has 0 fully saturated rings. The Labute approximate surface area is 108 Å². The number of halogens is 1. The molecule has 0 aliphatic carbocycles. The summed E-state index contributed by atoms with van der Waals surface area (Å²) in [6, 6.07) is 12.6. The monoisotopic (exact) mass is 272 g/mol. The Morgan fingerprint density at radius 3 is 2.21 bits per heavy atom. The summed E-state index contributed by atoms with van der Waals surface area (Å²) in [6.07, 6.45) is 0. The van der Waals surface area contributed by atoms with Crippen molar-refractivity contribution >= 4 is 11.3 Å². The van der Waals surface area contributed by atoms with Crippen LogP contribution in [0.3, 0.4) is 0 Å². The zero-order chi connectivity index (χ0) is 8.39. The number of thiophene rings is 1. The first-order valence-corrected chi connectivity index (χ1v) is 4.71. The summed E-state index contributed by atoms with van der Waals surface area (Å²) in [4.78, 5) is 1.29. The third-order valence-electron chi connectivity index (χ3n) is 1.81. The first-order chi connectivity index (χ1) is 5.86. The van der Waals surface area contributed by atoms with Crippen LogP contribution in [0.4, 0.5) is 0 Å². The van der Waals surface area contributed by atoms with E-state index in [-0.39, 0.29) is 31.9 Å². The average Bonchev–Trinajstić information content (AvgIpc) is 2.58. The Morgan fingerprint density at radius 2 is 1.71 bits per heavy atom. The fraction of sp³-hybridized carbons (Fsp3) is 0.0909. The van der Waals surface area contributed by atoms with Crippen LogP contribution in [0.5, 0.6) is 0 Å². The summed E-state index contributed by atoms with van der Waals surface area (Å²) in [7, 11) is 0. The summed E-state index contributed by atoms with van der Waals surface area (Å²) in [5.74, 6) is 0. The van der Waals surface area contributed by atoms with Gasteiger partial charge in [0.05, 0.1) is 0 Å². The van der Waals surface area contributed by atoms with Gasteiger partial charge >= 0.3 is 19.5 Å². The van der Waals surface area contributed by atoms with E-state index in [2.05, 4.69) is 42.6 Å². The van der Waals surface area contributed by atoms with Crippen molar-refractivity contribution < 1.29 is 31.9 Å². The minimum Gasteiger partial charge on any atom is -1.00 e. The molecule has 68 valence electrons. The van der Waals surface area contributed by atoms with E-state index in [9.17, 15) is 0 Å². The maximum absolute atomic E-state index is 3.08. The molecule has 1 aromatic heterocycles. The fourth-order valence-electron chi connectivity index (χ4n) is 1.11. The Balaban J connectivity index is 0.000000845. The molecule has 0 spiro atoms. The quantitative estimate of drug-likeness (QED) is 0.525. The van der Waals surface area contributed by atoms with Gasteiger partial charge in [-0.25, -0.2) is 0 Å². The molecule has 0 N–H and O–H groups in total. The molecule has 0 radical (unpaired) electrons. The zero-order valence-electron chi connectivity index (χ0n) is 7.96. The second kappa shape index (κ2) is 6.34. The molecule has 0 nitrogen and oxygen atoms in total. The Kier molecular flexibility index (Phi) is 6.27. The first kappa shape index (κ1) is 13.8. The second-order valence-corrected chi connectivity index (χ2v) is 3.66. The van der Waals surface area contributed by atoms with Crippen LogP contribution in [0.2, 0.25) is 0 Å². The molecule has 0 amide bonds. The fourth-order valence-corrected chi connectivity index (χ4v) is 1.77. The molecule has 0 aliphatic heterocycles. The summed E-state index contributed by atoms with van der Waals surface area (Å²) < 4.78 is 0. The molecule has 0 aliphatic rings. The van der Waals surface area contributed by atoms with Gasteiger partial charge in [-0.1, -0.05) is 35.4 Å². The minimum atomic E-state index is 0. The van der Waals surface area contributed by atoms with Gasteiger partial charge in [-0.05, 0) is 6.92 Å². The predicted octanol–water partition coefficient (Wildman–Crippen LogP) is 0.525. The van der Waals surface area contributed by atoms with E-state index in [0.717, 1.165) is 0 Å². The number of hydrogen-bond donors (Lipinski definition) is 0. The molecule has 0 saturated heterocycles. The van der Waals surface area contributed by atoms with Crippen LogP contribution in [-0.4, -0.2) is 0 Å². The summed E-state index contributed by atoms with van der Waals surface area (Å²) in [6.45, 7) is 2.10. The zero-order valence-corrected chi connectivity index (χ0v) is 12.5. The molecule has 1 heterocycles. The molecule has 0 saturated carbocycles. The maximum Gasteiger partial charge on any atom is 2.00 e. The van der Waals surface area contributed by atoms with E-state index in [4.69, 9.17) is 0 Å². The smallest absolute Gasteiger partial charge is 1.00 e. The minimum absolute atomic E-state index is 0. The number of hydrogen-bond acceptors (Lipinski definition) is 1. The largest absolute Gasteiger partial charge is 2.00 e. The molecule has 1 aromatic carbocycles. The van der Waals surface area contributed by atoms with Gasteiger partial charge in [-0.2, -0.15) is 12.1 Å². The topological polar surface area (TPSA) is 0 Å². The van der Waals surface area contributed by atoms with Gasteiger partial charge in [0.2, 0.25) is 0 Å². The van der Waals surface area contributed by atoms with Gasteiger partial charge in [0.25, 0.3) is 0 Å². The van der Waals surface area contributed by atoms with Crippen molar-refractivity contribution in [3.63, 3.8) is 0 Å². The molecule has 0 bridgehead atoms. The molecule has 0 unspecified atom stereocenters.